The van der Waals surface area contributed by atoms with Crippen molar-refractivity contribution in [2.45, 2.75) is 40.0 Å². The van der Waals surface area contributed by atoms with Crippen LogP contribution in [0.15, 0.2) is 34.8 Å². The topological polar surface area (TPSA) is 87.2 Å². The number of nitrogens with zero attached hydrogens (tertiary/aromatic N) is 2. The van der Waals surface area contributed by atoms with Crippen molar-refractivity contribution in [2.75, 3.05) is 12.3 Å². The van der Waals surface area contributed by atoms with Gasteiger partial charge in [0.05, 0.1) is 6.61 Å². The van der Waals surface area contributed by atoms with Gasteiger partial charge in [0.25, 0.3) is 0 Å². The van der Waals surface area contributed by atoms with Gasteiger partial charge in [-0.3, -0.25) is 9.36 Å². The minimum Gasteiger partial charge on any atom is -0.466 e. The van der Waals surface area contributed by atoms with E-state index in [4.69, 9.17) is 10.5 Å². The van der Waals surface area contributed by atoms with Gasteiger partial charge in [0.1, 0.15) is 5.82 Å². The number of anilines is 1. The second kappa shape index (κ2) is 8.81. The standard InChI is InChI=1S/C16H23N3O3/c1-4-7-12(8-9-15(20)22-6-3)13(5-2)19-11-10-14(17)18-16(19)21/h5,7,10-11H,4,6,8-9H2,1-3H3,(H2,17,18,21)/b12-7-,13-5+. The number of hydrogen-bond donors (Lipinski definition) is 1. The van der Waals surface area contributed by atoms with Gasteiger partial charge in [-0.2, -0.15) is 4.98 Å². The van der Waals surface area contributed by atoms with E-state index in [1.54, 1.807) is 19.2 Å². The van der Waals surface area contributed by atoms with Crippen LogP contribution < -0.4 is 11.4 Å². The Hall–Kier alpha value is -2.37. The molecule has 0 aromatic carbocycles. The van der Waals surface area contributed by atoms with Crippen LogP contribution in [0, 0.1) is 0 Å². The molecule has 0 aliphatic heterocycles. The fraction of sp³-hybridized carbons (Fsp3) is 0.438. The van der Waals surface area contributed by atoms with Crippen molar-refractivity contribution in [1.82, 2.24) is 9.55 Å². The van der Waals surface area contributed by atoms with Crippen molar-refractivity contribution in [3.8, 4) is 0 Å². The second-order valence-corrected chi connectivity index (χ2v) is 4.62. The van der Waals surface area contributed by atoms with Crippen LogP contribution in [0.2, 0.25) is 0 Å². The van der Waals surface area contributed by atoms with Crippen molar-refractivity contribution in [3.63, 3.8) is 0 Å². The molecule has 0 atom stereocenters. The molecule has 2 N–H and O–H groups in total. The van der Waals surface area contributed by atoms with Gasteiger partial charge in [-0.15, -0.1) is 0 Å². The molecule has 0 bridgehead atoms. The van der Waals surface area contributed by atoms with Gasteiger partial charge >= 0.3 is 11.7 Å². The van der Waals surface area contributed by atoms with Crippen LogP contribution in [-0.4, -0.2) is 22.1 Å². The maximum Gasteiger partial charge on any atom is 0.354 e. The van der Waals surface area contributed by atoms with Gasteiger partial charge in [0.15, 0.2) is 0 Å². The van der Waals surface area contributed by atoms with Gasteiger partial charge in [-0.25, -0.2) is 4.79 Å². The summed E-state index contributed by atoms with van der Waals surface area (Å²) in [5.74, 6) is -0.0630. The molecule has 0 aliphatic rings. The van der Waals surface area contributed by atoms with Crippen LogP contribution >= 0.6 is 0 Å². The summed E-state index contributed by atoms with van der Waals surface area (Å²) in [5.41, 5.74) is 6.70. The Morgan fingerprint density at radius 1 is 1.41 bits per heavy atom. The molecule has 0 amide bonds. The number of esters is 1. The van der Waals surface area contributed by atoms with E-state index in [1.807, 2.05) is 26.0 Å². The lowest BCUT2D eigenvalue weighted by Gasteiger charge is -2.14. The van der Waals surface area contributed by atoms with Crippen molar-refractivity contribution >= 4 is 17.5 Å². The zero-order valence-electron chi connectivity index (χ0n) is 13.3. The Labute approximate surface area is 130 Å². The van der Waals surface area contributed by atoms with Crippen molar-refractivity contribution in [2.24, 2.45) is 0 Å². The maximum absolute atomic E-state index is 12.0. The summed E-state index contributed by atoms with van der Waals surface area (Å²) in [5, 5.41) is 0. The zero-order chi connectivity index (χ0) is 16.5. The number of hydrogen-bond acceptors (Lipinski definition) is 5. The number of rotatable bonds is 7. The Bertz CT molecular complexity index is 630. The summed E-state index contributed by atoms with van der Waals surface area (Å²) in [6.45, 7) is 5.98. The molecule has 0 fully saturated rings. The minimum atomic E-state index is -0.439. The molecule has 0 unspecified atom stereocenters. The molecule has 1 aromatic heterocycles. The number of aromatic nitrogens is 2. The first-order chi connectivity index (χ1) is 10.5. The van der Waals surface area contributed by atoms with Gasteiger partial charge in [-0.05, 0) is 38.3 Å². The summed E-state index contributed by atoms with van der Waals surface area (Å²) in [7, 11) is 0. The van der Waals surface area contributed by atoms with E-state index in [-0.39, 0.29) is 18.2 Å². The van der Waals surface area contributed by atoms with Crippen LogP contribution in [-0.2, 0) is 9.53 Å². The molecule has 6 nitrogen and oxygen atoms in total. The van der Waals surface area contributed by atoms with Crippen molar-refractivity contribution in [1.29, 1.82) is 0 Å². The van der Waals surface area contributed by atoms with Gasteiger partial charge in [-0.1, -0.05) is 19.1 Å². The highest BCUT2D eigenvalue weighted by Gasteiger charge is 2.12. The second-order valence-electron chi connectivity index (χ2n) is 4.62. The van der Waals surface area contributed by atoms with Crippen LogP contribution in [0.4, 0.5) is 5.82 Å². The van der Waals surface area contributed by atoms with Crippen LogP contribution in [0.1, 0.15) is 40.0 Å². The Kier molecular flexibility index (Phi) is 7.08. The van der Waals surface area contributed by atoms with E-state index in [1.165, 1.54) is 4.57 Å². The molecule has 0 saturated carbocycles. The Morgan fingerprint density at radius 3 is 2.68 bits per heavy atom. The number of nitrogens with two attached hydrogens (primary N) is 1. The highest BCUT2D eigenvalue weighted by atomic mass is 16.5. The quantitative estimate of drug-likeness (QED) is 0.617. The SMILES string of the molecule is C/C=C(\C(=C/CC)CCC(=O)OCC)n1ccc(N)nc1=O. The first kappa shape index (κ1) is 17.7. The molecule has 1 aromatic rings. The number of carbonyl (C=O) groups is 1. The molecule has 1 heterocycles. The molecular weight excluding hydrogens is 282 g/mol. The first-order valence-electron chi connectivity index (χ1n) is 7.40. The summed E-state index contributed by atoms with van der Waals surface area (Å²) in [6.07, 6.45) is 6.99. The number of carbonyl (C=O) groups excluding carboxylic acids is 1. The monoisotopic (exact) mass is 305 g/mol. The predicted octanol–water partition coefficient (Wildman–Crippen LogP) is 2.37. The molecule has 0 radical (unpaired) electrons. The predicted molar refractivity (Wildman–Crippen MR) is 87.1 cm³/mol. The van der Waals surface area contributed by atoms with E-state index in [2.05, 4.69) is 4.98 Å². The fourth-order valence-electron chi connectivity index (χ4n) is 2.13. The fourth-order valence-corrected chi connectivity index (χ4v) is 2.13. The smallest absolute Gasteiger partial charge is 0.354 e. The summed E-state index contributed by atoms with van der Waals surface area (Å²) in [6, 6.07) is 1.57. The zero-order valence-corrected chi connectivity index (χ0v) is 13.3. The summed E-state index contributed by atoms with van der Waals surface area (Å²) < 4.78 is 6.38. The van der Waals surface area contributed by atoms with E-state index in [9.17, 15) is 9.59 Å². The van der Waals surface area contributed by atoms with Crippen LogP contribution in [0.5, 0.6) is 0 Å². The Balaban J connectivity index is 3.04. The van der Waals surface area contributed by atoms with Crippen LogP contribution in [0.3, 0.4) is 0 Å². The molecule has 6 heteroatoms. The third-order valence-electron chi connectivity index (χ3n) is 3.04. The largest absolute Gasteiger partial charge is 0.466 e. The van der Waals surface area contributed by atoms with Crippen LogP contribution in [0.25, 0.3) is 5.70 Å². The lowest BCUT2D eigenvalue weighted by molar-refractivity contribution is -0.143. The molecular formula is C16H23N3O3. The minimum absolute atomic E-state index is 0.184. The molecule has 1 rings (SSSR count). The average Bonchev–Trinajstić information content (AvgIpc) is 2.47. The molecule has 22 heavy (non-hydrogen) atoms. The van der Waals surface area contributed by atoms with Gasteiger partial charge in [0.2, 0.25) is 0 Å². The average molecular weight is 305 g/mol. The van der Waals surface area contributed by atoms with E-state index < -0.39 is 5.69 Å². The maximum atomic E-state index is 12.0. The molecule has 120 valence electrons. The number of nitrogen functional groups attached to an aromatic ring is 1. The normalized spacial score (nSPS) is 12.3. The van der Waals surface area contributed by atoms with Crippen molar-refractivity contribution < 1.29 is 9.53 Å². The van der Waals surface area contributed by atoms with Gasteiger partial charge in [0, 0.05) is 18.3 Å². The molecule has 0 saturated heterocycles. The lowest BCUT2D eigenvalue weighted by atomic mass is 10.0. The molecule has 0 spiro atoms. The van der Waals surface area contributed by atoms with E-state index >= 15 is 0 Å². The summed E-state index contributed by atoms with van der Waals surface area (Å²) >= 11 is 0. The van der Waals surface area contributed by atoms with E-state index in [0.717, 1.165) is 12.0 Å². The number of allylic oxidation sites excluding steroid dienone is 4. The summed E-state index contributed by atoms with van der Waals surface area (Å²) in [4.78, 5) is 27.3. The van der Waals surface area contributed by atoms with E-state index in [0.29, 0.717) is 18.7 Å². The first-order valence-corrected chi connectivity index (χ1v) is 7.40. The van der Waals surface area contributed by atoms with Gasteiger partial charge < -0.3 is 10.5 Å². The highest BCUT2D eigenvalue weighted by Crippen LogP contribution is 2.21. The third kappa shape index (κ3) is 4.87. The molecule has 0 aliphatic carbocycles. The third-order valence-corrected chi connectivity index (χ3v) is 3.04. The number of ether oxygens (including phenoxy) is 1. The Morgan fingerprint density at radius 2 is 2.14 bits per heavy atom. The lowest BCUT2D eigenvalue weighted by Crippen LogP contribution is -2.23. The van der Waals surface area contributed by atoms with Crippen molar-refractivity contribution in [3.05, 3.63) is 40.5 Å². The highest BCUT2D eigenvalue weighted by molar-refractivity contribution is 5.72.